The molecular formula is C18H17FN4O2. The molecule has 2 aromatic carbocycles. The lowest BCUT2D eigenvalue weighted by atomic mass is 10.1. The van der Waals surface area contributed by atoms with E-state index < -0.39 is 18.3 Å². The van der Waals surface area contributed by atoms with Crippen molar-refractivity contribution < 1.29 is 14.3 Å². The molecule has 0 fully saturated rings. The molecule has 0 radical (unpaired) electrons. The monoisotopic (exact) mass is 340 g/mol. The molecule has 0 atom stereocenters. The molecule has 1 aromatic heterocycles. The number of carbonyl (C=O) groups is 1. The summed E-state index contributed by atoms with van der Waals surface area (Å²) in [4.78, 5) is 13.4. The number of benzene rings is 2. The maximum atomic E-state index is 13.9. The molecule has 0 unspecified atom stereocenters. The molecule has 3 rings (SSSR count). The van der Waals surface area contributed by atoms with Gasteiger partial charge in [-0.25, -0.2) is 4.39 Å². The van der Waals surface area contributed by atoms with Crippen molar-refractivity contribution in [1.82, 2.24) is 20.3 Å². The van der Waals surface area contributed by atoms with Gasteiger partial charge in [-0.2, -0.15) is 0 Å². The quantitative estimate of drug-likeness (QED) is 0.746. The Labute approximate surface area is 143 Å². The van der Waals surface area contributed by atoms with Crippen LogP contribution in [0.4, 0.5) is 4.39 Å². The number of hydrogen-bond donors (Lipinski definition) is 2. The van der Waals surface area contributed by atoms with E-state index in [1.54, 1.807) is 12.1 Å². The largest absolute Gasteiger partial charge is 0.390 e. The van der Waals surface area contributed by atoms with E-state index in [0.717, 1.165) is 15.9 Å². The van der Waals surface area contributed by atoms with E-state index in [4.69, 9.17) is 0 Å². The maximum Gasteiger partial charge on any atom is 0.274 e. The molecule has 0 aliphatic heterocycles. The normalized spacial score (nSPS) is 10.7. The molecule has 7 heteroatoms. The number of nitrogens with one attached hydrogen (secondary N) is 1. The van der Waals surface area contributed by atoms with Gasteiger partial charge in [0.05, 0.1) is 6.61 Å². The van der Waals surface area contributed by atoms with Crippen LogP contribution in [-0.2, 0) is 13.2 Å². The topological polar surface area (TPSA) is 80.0 Å². The van der Waals surface area contributed by atoms with Crippen LogP contribution in [0, 0.1) is 12.7 Å². The third-order valence-corrected chi connectivity index (χ3v) is 3.69. The minimum atomic E-state index is -0.520. The van der Waals surface area contributed by atoms with Crippen molar-refractivity contribution in [2.24, 2.45) is 0 Å². The number of aliphatic hydroxyl groups excluding tert-OH is 1. The number of halogens is 1. The zero-order valence-electron chi connectivity index (χ0n) is 13.6. The number of rotatable bonds is 5. The molecule has 1 heterocycles. The van der Waals surface area contributed by atoms with Crippen LogP contribution >= 0.6 is 0 Å². The summed E-state index contributed by atoms with van der Waals surface area (Å²) in [5.41, 5.74) is 2.23. The van der Waals surface area contributed by atoms with Crippen LogP contribution in [0.25, 0.3) is 5.69 Å². The molecule has 0 aliphatic rings. The number of hydrogen-bond acceptors (Lipinski definition) is 4. The summed E-state index contributed by atoms with van der Waals surface area (Å²) in [5.74, 6) is -0.999. The fourth-order valence-corrected chi connectivity index (χ4v) is 2.31. The Hall–Kier alpha value is -3.06. The molecule has 3 aromatic rings. The van der Waals surface area contributed by atoms with Gasteiger partial charge in [-0.1, -0.05) is 42.0 Å². The van der Waals surface area contributed by atoms with Gasteiger partial charge in [-0.3, -0.25) is 4.79 Å². The average Bonchev–Trinajstić information content (AvgIpc) is 3.05. The van der Waals surface area contributed by atoms with Crippen molar-refractivity contribution in [3.63, 3.8) is 0 Å². The molecule has 0 saturated carbocycles. The first-order valence-electron chi connectivity index (χ1n) is 7.74. The summed E-state index contributed by atoms with van der Waals surface area (Å²) in [7, 11) is 0. The van der Waals surface area contributed by atoms with Gasteiger partial charge in [0, 0.05) is 6.54 Å². The van der Waals surface area contributed by atoms with Crippen molar-refractivity contribution in [2.45, 2.75) is 20.1 Å². The Balaban J connectivity index is 1.80. The van der Waals surface area contributed by atoms with Gasteiger partial charge < -0.3 is 10.4 Å². The van der Waals surface area contributed by atoms with Crippen LogP contribution in [0.15, 0.2) is 48.5 Å². The molecule has 25 heavy (non-hydrogen) atoms. The molecule has 0 aliphatic carbocycles. The third kappa shape index (κ3) is 3.72. The zero-order valence-corrected chi connectivity index (χ0v) is 13.6. The predicted octanol–water partition coefficient (Wildman–Crippen LogP) is 2.14. The van der Waals surface area contributed by atoms with Gasteiger partial charge in [0.2, 0.25) is 0 Å². The van der Waals surface area contributed by atoms with E-state index in [-0.39, 0.29) is 17.1 Å². The Morgan fingerprint density at radius 1 is 1.16 bits per heavy atom. The van der Waals surface area contributed by atoms with Crippen molar-refractivity contribution >= 4 is 5.91 Å². The highest BCUT2D eigenvalue weighted by atomic mass is 19.1. The summed E-state index contributed by atoms with van der Waals surface area (Å²) in [5, 5.41) is 20.2. The fraction of sp³-hybridized carbons (Fsp3) is 0.167. The highest BCUT2D eigenvalue weighted by Gasteiger charge is 2.19. The number of aliphatic hydroxyl groups is 1. The molecule has 0 saturated heterocycles. The number of aromatic nitrogens is 3. The number of amides is 1. The first-order chi connectivity index (χ1) is 12.1. The van der Waals surface area contributed by atoms with E-state index in [1.807, 2.05) is 31.2 Å². The summed E-state index contributed by atoms with van der Waals surface area (Å²) >= 11 is 0. The average molecular weight is 340 g/mol. The van der Waals surface area contributed by atoms with Gasteiger partial charge in [-0.15, -0.1) is 15.0 Å². The van der Waals surface area contributed by atoms with E-state index in [2.05, 4.69) is 15.5 Å². The summed E-state index contributed by atoms with van der Waals surface area (Å²) in [6.07, 6.45) is 0. The number of nitrogens with zero attached hydrogens (tertiary/aromatic N) is 3. The van der Waals surface area contributed by atoms with Crippen LogP contribution in [0.5, 0.6) is 0 Å². The van der Waals surface area contributed by atoms with Crippen LogP contribution < -0.4 is 5.32 Å². The van der Waals surface area contributed by atoms with Crippen LogP contribution in [0.1, 0.15) is 27.3 Å². The SMILES string of the molecule is Cc1ccc(CNC(=O)c2nn(-c3ccccc3F)nc2CO)cc1. The van der Waals surface area contributed by atoms with Gasteiger partial charge in [-0.05, 0) is 24.6 Å². The van der Waals surface area contributed by atoms with Gasteiger partial charge in [0.25, 0.3) is 5.91 Å². The van der Waals surface area contributed by atoms with E-state index >= 15 is 0 Å². The second-order valence-corrected chi connectivity index (χ2v) is 5.56. The molecule has 0 spiro atoms. The van der Waals surface area contributed by atoms with Gasteiger partial charge in [0.1, 0.15) is 11.4 Å². The van der Waals surface area contributed by atoms with E-state index in [1.165, 1.54) is 12.1 Å². The van der Waals surface area contributed by atoms with E-state index in [0.29, 0.717) is 6.54 Å². The lowest BCUT2D eigenvalue weighted by Crippen LogP contribution is -2.24. The Bertz CT molecular complexity index is 890. The highest BCUT2D eigenvalue weighted by Crippen LogP contribution is 2.13. The van der Waals surface area contributed by atoms with Crippen molar-refractivity contribution in [3.05, 3.63) is 76.9 Å². The van der Waals surface area contributed by atoms with Crippen molar-refractivity contribution in [2.75, 3.05) is 0 Å². The smallest absolute Gasteiger partial charge is 0.274 e. The second kappa shape index (κ2) is 7.23. The maximum absolute atomic E-state index is 13.9. The Kier molecular flexibility index (Phi) is 4.85. The number of carbonyl (C=O) groups excluding carboxylic acids is 1. The molecular weight excluding hydrogens is 323 g/mol. The Morgan fingerprint density at radius 2 is 1.88 bits per heavy atom. The zero-order chi connectivity index (χ0) is 17.8. The number of aryl methyl sites for hydroxylation is 1. The second-order valence-electron chi connectivity index (χ2n) is 5.56. The predicted molar refractivity (Wildman–Crippen MR) is 89.6 cm³/mol. The molecule has 6 nitrogen and oxygen atoms in total. The molecule has 1 amide bonds. The minimum Gasteiger partial charge on any atom is -0.390 e. The van der Waals surface area contributed by atoms with Crippen molar-refractivity contribution in [3.8, 4) is 5.69 Å². The van der Waals surface area contributed by atoms with Crippen LogP contribution in [0.3, 0.4) is 0 Å². The minimum absolute atomic E-state index is 0.0298. The standard InChI is InChI=1S/C18H17FN4O2/c1-12-6-8-13(9-7-12)10-20-18(25)17-15(11-24)21-23(22-17)16-5-3-2-4-14(16)19/h2-9,24H,10-11H2,1H3,(H,20,25). The Morgan fingerprint density at radius 3 is 2.56 bits per heavy atom. The lowest BCUT2D eigenvalue weighted by Gasteiger charge is -2.04. The molecule has 2 N–H and O–H groups in total. The summed E-state index contributed by atoms with van der Waals surface area (Å²) in [6.45, 7) is 1.83. The number of para-hydroxylation sites is 1. The molecule has 128 valence electrons. The summed E-state index contributed by atoms with van der Waals surface area (Å²) < 4.78 is 13.9. The first-order valence-corrected chi connectivity index (χ1v) is 7.74. The van der Waals surface area contributed by atoms with Gasteiger partial charge >= 0.3 is 0 Å². The lowest BCUT2D eigenvalue weighted by molar-refractivity contribution is 0.0942. The first kappa shape index (κ1) is 16.8. The van der Waals surface area contributed by atoms with E-state index in [9.17, 15) is 14.3 Å². The van der Waals surface area contributed by atoms with Gasteiger partial charge in [0.15, 0.2) is 11.5 Å². The fourth-order valence-electron chi connectivity index (χ4n) is 2.31. The van der Waals surface area contributed by atoms with Crippen molar-refractivity contribution in [1.29, 1.82) is 0 Å². The third-order valence-electron chi connectivity index (χ3n) is 3.69. The van der Waals surface area contributed by atoms with Crippen LogP contribution in [0.2, 0.25) is 0 Å². The highest BCUT2D eigenvalue weighted by molar-refractivity contribution is 5.93. The van der Waals surface area contributed by atoms with Crippen LogP contribution in [-0.4, -0.2) is 26.0 Å². The molecule has 0 bridgehead atoms. The summed E-state index contributed by atoms with van der Waals surface area (Å²) in [6, 6.07) is 13.7.